The summed E-state index contributed by atoms with van der Waals surface area (Å²) in [5.41, 5.74) is 6.18. The Morgan fingerprint density at radius 1 is 0.500 bits per heavy atom. The standard InChI is InChI=1S/C30H19NS/c1-3-9-20(10-4-1)21-15-16-25-27(19-21)31(22-11-5-2-6-12-22)26-18-17-24-23-13-7-8-14-28(23)32-30(24)29(25)26/h1-19H. The van der Waals surface area contributed by atoms with E-state index in [1.807, 2.05) is 11.3 Å². The third-order valence-corrected chi connectivity index (χ3v) is 7.60. The van der Waals surface area contributed by atoms with Gasteiger partial charge < -0.3 is 4.57 Å². The lowest BCUT2D eigenvalue weighted by molar-refractivity contribution is 1.18. The van der Waals surface area contributed by atoms with Crippen molar-refractivity contribution in [2.45, 2.75) is 0 Å². The van der Waals surface area contributed by atoms with Crippen LogP contribution in [0.1, 0.15) is 0 Å². The molecule has 0 amide bonds. The molecule has 150 valence electrons. The minimum Gasteiger partial charge on any atom is -0.309 e. The Hall–Kier alpha value is -3.88. The van der Waals surface area contributed by atoms with Crippen LogP contribution in [0.25, 0.3) is 58.8 Å². The molecule has 0 spiro atoms. The number of aromatic nitrogens is 1. The molecule has 0 aliphatic carbocycles. The monoisotopic (exact) mass is 425 g/mol. The summed E-state index contributed by atoms with van der Waals surface area (Å²) in [5, 5.41) is 5.34. The van der Waals surface area contributed by atoms with Gasteiger partial charge in [0, 0.05) is 36.6 Å². The van der Waals surface area contributed by atoms with E-state index in [2.05, 4.69) is 120 Å². The van der Waals surface area contributed by atoms with Crippen LogP contribution in [0.4, 0.5) is 0 Å². The largest absolute Gasteiger partial charge is 0.309 e. The molecule has 7 rings (SSSR count). The minimum absolute atomic E-state index is 1.19. The Bertz CT molecular complexity index is 1760. The zero-order chi connectivity index (χ0) is 21.1. The summed E-state index contributed by atoms with van der Waals surface area (Å²) in [6.45, 7) is 0. The van der Waals surface area contributed by atoms with E-state index < -0.39 is 0 Å². The van der Waals surface area contributed by atoms with Crippen LogP contribution in [-0.4, -0.2) is 4.57 Å². The van der Waals surface area contributed by atoms with E-state index in [-0.39, 0.29) is 0 Å². The molecule has 32 heavy (non-hydrogen) atoms. The third kappa shape index (κ3) is 2.50. The fraction of sp³-hybridized carbons (Fsp3) is 0. The number of thiophene rings is 1. The van der Waals surface area contributed by atoms with E-state index in [1.54, 1.807) is 0 Å². The van der Waals surface area contributed by atoms with E-state index in [9.17, 15) is 0 Å². The van der Waals surface area contributed by atoms with Gasteiger partial charge in [0.1, 0.15) is 0 Å². The smallest absolute Gasteiger partial charge is 0.0555 e. The molecule has 7 aromatic rings. The van der Waals surface area contributed by atoms with Gasteiger partial charge in [0.2, 0.25) is 0 Å². The molecular weight excluding hydrogens is 406 g/mol. The summed E-state index contributed by atoms with van der Waals surface area (Å²) in [6.07, 6.45) is 0. The lowest BCUT2D eigenvalue weighted by Gasteiger charge is -2.09. The van der Waals surface area contributed by atoms with Crippen LogP contribution in [0.2, 0.25) is 0 Å². The number of benzene rings is 5. The van der Waals surface area contributed by atoms with Gasteiger partial charge in [-0.2, -0.15) is 0 Å². The molecule has 5 aromatic carbocycles. The van der Waals surface area contributed by atoms with Gasteiger partial charge in [0.05, 0.1) is 11.0 Å². The van der Waals surface area contributed by atoms with Gasteiger partial charge in [-0.1, -0.05) is 84.9 Å². The Morgan fingerprint density at radius 2 is 1.22 bits per heavy atom. The molecule has 0 radical (unpaired) electrons. The summed E-state index contributed by atoms with van der Waals surface area (Å²) in [6, 6.07) is 41.6. The van der Waals surface area contributed by atoms with E-state index >= 15 is 0 Å². The number of rotatable bonds is 2. The Balaban J connectivity index is 1.66. The third-order valence-electron chi connectivity index (χ3n) is 6.40. The maximum Gasteiger partial charge on any atom is 0.0555 e. The van der Waals surface area contributed by atoms with Crippen molar-refractivity contribution in [3.63, 3.8) is 0 Å². The van der Waals surface area contributed by atoms with Crippen LogP contribution < -0.4 is 0 Å². The lowest BCUT2D eigenvalue weighted by atomic mass is 10.0. The fourth-order valence-electron chi connectivity index (χ4n) is 4.95. The molecule has 0 fully saturated rings. The van der Waals surface area contributed by atoms with Crippen molar-refractivity contribution in [3.05, 3.63) is 115 Å². The topological polar surface area (TPSA) is 4.93 Å². The predicted octanol–water partition coefficient (Wildman–Crippen LogP) is 8.82. The highest BCUT2D eigenvalue weighted by Crippen LogP contribution is 2.43. The first-order valence-electron chi connectivity index (χ1n) is 10.9. The average Bonchev–Trinajstić information content (AvgIpc) is 3.40. The van der Waals surface area contributed by atoms with E-state index in [4.69, 9.17) is 0 Å². The summed E-state index contributed by atoms with van der Waals surface area (Å²) >= 11 is 1.90. The molecule has 0 aliphatic rings. The van der Waals surface area contributed by atoms with Crippen LogP contribution in [0.15, 0.2) is 115 Å². The van der Waals surface area contributed by atoms with E-state index in [0.717, 1.165) is 0 Å². The number of hydrogen-bond acceptors (Lipinski definition) is 1. The highest BCUT2D eigenvalue weighted by Gasteiger charge is 2.17. The van der Waals surface area contributed by atoms with Gasteiger partial charge in [-0.05, 0) is 41.5 Å². The molecule has 0 unspecified atom stereocenters. The van der Waals surface area contributed by atoms with Gasteiger partial charge in [-0.3, -0.25) is 0 Å². The maximum absolute atomic E-state index is 2.42. The van der Waals surface area contributed by atoms with Crippen LogP contribution >= 0.6 is 11.3 Å². The highest BCUT2D eigenvalue weighted by atomic mass is 32.1. The molecule has 0 atom stereocenters. The van der Waals surface area contributed by atoms with Gasteiger partial charge in [-0.15, -0.1) is 11.3 Å². The number of para-hydroxylation sites is 1. The van der Waals surface area contributed by atoms with Gasteiger partial charge in [-0.25, -0.2) is 0 Å². The quantitative estimate of drug-likeness (QED) is 0.261. The number of fused-ring (bicyclic) bond motifs is 7. The molecule has 2 heterocycles. The van der Waals surface area contributed by atoms with E-state index in [1.165, 1.54) is 58.8 Å². The summed E-state index contributed by atoms with van der Waals surface area (Å²) in [4.78, 5) is 0. The molecule has 0 bridgehead atoms. The molecule has 2 aromatic heterocycles. The summed E-state index contributed by atoms with van der Waals surface area (Å²) < 4.78 is 5.13. The summed E-state index contributed by atoms with van der Waals surface area (Å²) in [5.74, 6) is 0. The number of nitrogens with zero attached hydrogens (tertiary/aromatic N) is 1. The van der Waals surface area contributed by atoms with Gasteiger partial charge >= 0.3 is 0 Å². The molecule has 0 saturated carbocycles. The maximum atomic E-state index is 2.42. The second-order valence-electron chi connectivity index (χ2n) is 8.20. The molecule has 1 nitrogen and oxygen atoms in total. The normalized spacial score (nSPS) is 11.8. The number of hydrogen-bond donors (Lipinski definition) is 0. The zero-order valence-corrected chi connectivity index (χ0v) is 18.1. The minimum atomic E-state index is 1.19. The fourth-order valence-corrected chi connectivity index (χ4v) is 6.21. The predicted molar refractivity (Wildman–Crippen MR) is 139 cm³/mol. The molecule has 0 aliphatic heterocycles. The summed E-state index contributed by atoms with van der Waals surface area (Å²) in [7, 11) is 0. The molecular formula is C30H19NS. The van der Waals surface area contributed by atoms with Gasteiger partial charge in [0.25, 0.3) is 0 Å². The zero-order valence-electron chi connectivity index (χ0n) is 17.3. The van der Waals surface area contributed by atoms with Crippen molar-refractivity contribution < 1.29 is 0 Å². The Morgan fingerprint density at radius 3 is 2.06 bits per heavy atom. The SMILES string of the molecule is c1ccc(-c2ccc3c4c5sc6ccccc6c5ccc4n(-c4ccccc4)c3c2)cc1. The van der Waals surface area contributed by atoms with Gasteiger partial charge in [0.15, 0.2) is 0 Å². The first-order chi connectivity index (χ1) is 15.9. The van der Waals surface area contributed by atoms with Crippen molar-refractivity contribution in [2.75, 3.05) is 0 Å². The molecule has 0 saturated heterocycles. The van der Waals surface area contributed by atoms with Crippen LogP contribution in [0.5, 0.6) is 0 Å². The average molecular weight is 426 g/mol. The van der Waals surface area contributed by atoms with E-state index in [0.29, 0.717) is 0 Å². The van der Waals surface area contributed by atoms with Crippen LogP contribution in [-0.2, 0) is 0 Å². The van der Waals surface area contributed by atoms with Crippen molar-refractivity contribution in [1.29, 1.82) is 0 Å². The highest BCUT2D eigenvalue weighted by molar-refractivity contribution is 7.26. The lowest BCUT2D eigenvalue weighted by Crippen LogP contribution is -1.93. The van der Waals surface area contributed by atoms with Crippen molar-refractivity contribution >= 4 is 53.3 Å². The second-order valence-corrected chi connectivity index (χ2v) is 9.26. The Labute approximate surface area is 189 Å². The first kappa shape index (κ1) is 17.8. The van der Waals surface area contributed by atoms with Crippen LogP contribution in [0, 0.1) is 0 Å². The van der Waals surface area contributed by atoms with Crippen molar-refractivity contribution in [1.82, 2.24) is 4.57 Å². The van der Waals surface area contributed by atoms with Crippen molar-refractivity contribution in [2.24, 2.45) is 0 Å². The van der Waals surface area contributed by atoms with Crippen molar-refractivity contribution in [3.8, 4) is 16.8 Å². The Kier molecular flexibility index (Phi) is 3.78. The first-order valence-corrected chi connectivity index (χ1v) is 11.7. The molecule has 0 N–H and O–H groups in total. The second kappa shape index (κ2) is 6.81. The molecule has 2 heteroatoms. The van der Waals surface area contributed by atoms with Crippen LogP contribution in [0.3, 0.4) is 0 Å².